The molecule has 2 aromatic carbocycles. The van der Waals surface area contributed by atoms with Crippen LogP contribution in [0.15, 0.2) is 67.0 Å². The number of carbonyl (C=O) groups is 1. The highest BCUT2D eigenvalue weighted by Crippen LogP contribution is 2.33. The Labute approximate surface area is 204 Å². The molecule has 0 aliphatic carbocycles. The lowest BCUT2D eigenvalue weighted by Crippen LogP contribution is -2.11. The summed E-state index contributed by atoms with van der Waals surface area (Å²) in [5.41, 5.74) is 4.35. The molecule has 0 aliphatic heterocycles. The summed E-state index contributed by atoms with van der Waals surface area (Å²) < 4.78 is 11.3. The van der Waals surface area contributed by atoms with Crippen LogP contribution in [0, 0.1) is 25.2 Å². The van der Waals surface area contributed by atoms with Crippen molar-refractivity contribution in [2.75, 3.05) is 10.6 Å². The standard InChI is InChI=1S/C25H19N7O2S/c1-15-21(29-25(33)24-16(2)30-31-35-24)14-32-23(15)22(17(12-26)13-27-32)28-18-8-10-20(11-9-18)34-19-6-4-3-5-7-19/h3-11,13-14,28H,1-2H3,(H,29,33). The number of ether oxygens (including phenoxy) is 1. The molecule has 9 nitrogen and oxygen atoms in total. The molecule has 3 heterocycles. The van der Waals surface area contributed by atoms with Gasteiger partial charge in [0.2, 0.25) is 0 Å². The minimum atomic E-state index is -0.291. The van der Waals surface area contributed by atoms with Crippen LogP contribution in [0.4, 0.5) is 17.1 Å². The van der Waals surface area contributed by atoms with E-state index in [0.717, 1.165) is 28.5 Å². The van der Waals surface area contributed by atoms with E-state index in [1.54, 1.807) is 17.6 Å². The first-order valence-corrected chi connectivity index (χ1v) is 11.4. The number of hydrogen-bond acceptors (Lipinski definition) is 8. The summed E-state index contributed by atoms with van der Waals surface area (Å²) in [6.45, 7) is 3.61. The largest absolute Gasteiger partial charge is 0.457 e. The lowest BCUT2D eigenvalue weighted by atomic mass is 10.1. The number of aryl methyl sites for hydroxylation is 2. The van der Waals surface area contributed by atoms with Crippen molar-refractivity contribution >= 4 is 40.0 Å². The van der Waals surface area contributed by atoms with Crippen LogP contribution in [0.2, 0.25) is 0 Å². The first-order chi connectivity index (χ1) is 17.0. The Morgan fingerprint density at radius 1 is 1.09 bits per heavy atom. The minimum absolute atomic E-state index is 0.291. The second kappa shape index (κ2) is 9.24. The second-order valence-electron chi connectivity index (χ2n) is 7.71. The van der Waals surface area contributed by atoms with Crippen molar-refractivity contribution in [1.29, 1.82) is 5.26 Å². The Bertz CT molecular complexity index is 1570. The zero-order chi connectivity index (χ0) is 24.4. The molecule has 172 valence electrons. The third kappa shape index (κ3) is 4.40. The number of nitriles is 1. The molecule has 0 unspecified atom stereocenters. The normalized spacial score (nSPS) is 10.7. The molecule has 0 fully saturated rings. The smallest absolute Gasteiger partial charge is 0.269 e. The quantitative estimate of drug-likeness (QED) is 0.330. The van der Waals surface area contributed by atoms with E-state index in [1.165, 1.54) is 6.20 Å². The zero-order valence-corrected chi connectivity index (χ0v) is 19.6. The van der Waals surface area contributed by atoms with Crippen LogP contribution < -0.4 is 15.4 Å². The SMILES string of the molecule is Cc1nnsc1C(=O)Nc1cn2ncc(C#N)c(Nc3ccc(Oc4ccccc4)cc3)c2c1C. The molecule has 10 heteroatoms. The number of nitrogens with one attached hydrogen (secondary N) is 2. The number of hydrogen-bond donors (Lipinski definition) is 2. The second-order valence-corrected chi connectivity index (χ2v) is 8.47. The third-order valence-corrected chi connectivity index (χ3v) is 6.21. The Morgan fingerprint density at radius 3 is 2.51 bits per heavy atom. The van der Waals surface area contributed by atoms with Crippen molar-refractivity contribution in [2.24, 2.45) is 0 Å². The van der Waals surface area contributed by atoms with Gasteiger partial charge in [-0.3, -0.25) is 4.79 Å². The number of benzene rings is 2. The van der Waals surface area contributed by atoms with Gasteiger partial charge < -0.3 is 15.4 Å². The van der Waals surface area contributed by atoms with Crippen molar-refractivity contribution in [3.8, 4) is 17.6 Å². The predicted octanol–water partition coefficient (Wildman–Crippen LogP) is 5.46. The van der Waals surface area contributed by atoms with Gasteiger partial charge in [-0.1, -0.05) is 22.7 Å². The van der Waals surface area contributed by atoms with Gasteiger partial charge in [-0.2, -0.15) is 10.4 Å². The fourth-order valence-electron chi connectivity index (χ4n) is 3.62. The van der Waals surface area contributed by atoms with Gasteiger partial charge in [-0.15, -0.1) is 5.10 Å². The Hall–Kier alpha value is -4.75. The molecule has 0 aliphatic rings. The maximum atomic E-state index is 12.7. The molecule has 0 saturated carbocycles. The number of aromatic nitrogens is 4. The number of rotatable bonds is 6. The molecule has 0 spiro atoms. The van der Waals surface area contributed by atoms with Gasteiger partial charge in [0, 0.05) is 11.3 Å². The van der Waals surface area contributed by atoms with Gasteiger partial charge in [-0.25, -0.2) is 4.52 Å². The van der Waals surface area contributed by atoms with Gasteiger partial charge in [0.05, 0.1) is 40.5 Å². The van der Waals surface area contributed by atoms with Gasteiger partial charge in [0.1, 0.15) is 22.4 Å². The Kier molecular flexibility index (Phi) is 5.83. The van der Waals surface area contributed by atoms with E-state index in [0.29, 0.717) is 38.8 Å². The van der Waals surface area contributed by atoms with Crippen LogP contribution in [-0.2, 0) is 0 Å². The molecule has 0 radical (unpaired) electrons. The summed E-state index contributed by atoms with van der Waals surface area (Å²) in [5, 5.41) is 24.2. The van der Waals surface area contributed by atoms with Crippen LogP contribution in [0.3, 0.4) is 0 Å². The van der Waals surface area contributed by atoms with E-state index < -0.39 is 0 Å². The number of anilines is 3. The van der Waals surface area contributed by atoms with Crippen molar-refractivity contribution in [2.45, 2.75) is 13.8 Å². The molecule has 35 heavy (non-hydrogen) atoms. The fraction of sp³-hybridized carbons (Fsp3) is 0.0800. The van der Waals surface area contributed by atoms with Crippen molar-refractivity contribution < 1.29 is 9.53 Å². The maximum absolute atomic E-state index is 12.7. The van der Waals surface area contributed by atoms with Gasteiger partial charge in [0.15, 0.2) is 0 Å². The molecule has 0 bridgehead atoms. The number of carbonyl (C=O) groups excluding carboxylic acids is 1. The van der Waals surface area contributed by atoms with E-state index in [2.05, 4.69) is 31.4 Å². The van der Waals surface area contributed by atoms with E-state index in [4.69, 9.17) is 4.74 Å². The summed E-state index contributed by atoms with van der Waals surface area (Å²) in [6.07, 6.45) is 3.21. The average Bonchev–Trinajstić information content (AvgIpc) is 3.44. The van der Waals surface area contributed by atoms with Crippen LogP contribution in [0.1, 0.15) is 26.5 Å². The topological polar surface area (TPSA) is 117 Å². The number of fused-ring (bicyclic) bond motifs is 1. The van der Waals surface area contributed by atoms with Gasteiger partial charge in [-0.05, 0) is 61.8 Å². The first kappa shape index (κ1) is 22.1. The van der Waals surface area contributed by atoms with Crippen LogP contribution in [-0.4, -0.2) is 25.1 Å². The Morgan fingerprint density at radius 2 is 1.83 bits per heavy atom. The molecule has 5 aromatic rings. The van der Waals surface area contributed by atoms with E-state index in [9.17, 15) is 10.1 Å². The Balaban J connectivity index is 1.45. The summed E-state index contributed by atoms with van der Waals surface area (Å²) in [6, 6.07) is 19.2. The van der Waals surface area contributed by atoms with Crippen molar-refractivity contribution in [1.82, 2.24) is 19.2 Å². The molecule has 5 rings (SSSR count). The lowest BCUT2D eigenvalue weighted by molar-refractivity contribution is 0.102. The lowest BCUT2D eigenvalue weighted by Gasteiger charge is -2.12. The third-order valence-electron chi connectivity index (χ3n) is 5.39. The van der Waals surface area contributed by atoms with Crippen LogP contribution in [0.5, 0.6) is 11.5 Å². The first-order valence-electron chi connectivity index (χ1n) is 10.6. The zero-order valence-electron chi connectivity index (χ0n) is 18.8. The number of para-hydroxylation sites is 1. The average molecular weight is 482 g/mol. The highest BCUT2D eigenvalue weighted by atomic mass is 32.1. The fourth-order valence-corrected chi connectivity index (χ4v) is 4.17. The van der Waals surface area contributed by atoms with E-state index in [1.807, 2.05) is 61.5 Å². The van der Waals surface area contributed by atoms with E-state index in [-0.39, 0.29) is 5.91 Å². The van der Waals surface area contributed by atoms with Crippen molar-refractivity contribution in [3.05, 3.63) is 88.7 Å². The summed E-state index contributed by atoms with van der Waals surface area (Å²) in [7, 11) is 0. The molecule has 3 aromatic heterocycles. The highest BCUT2D eigenvalue weighted by molar-refractivity contribution is 7.08. The molecule has 2 N–H and O–H groups in total. The van der Waals surface area contributed by atoms with Crippen LogP contribution in [0.25, 0.3) is 5.52 Å². The van der Waals surface area contributed by atoms with E-state index >= 15 is 0 Å². The molecule has 0 saturated heterocycles. The minimum Gasteiger partial charge on any atom is -0.457 e. The van der Waals surface area contributed by atoms with Gasteiger partial charge >= 0.3 is 0 Å². The summed E-state index contributed by atoms with van der Waals surface area (Å²) in [5.74, 6) is 1.15. The van der Waals surface area contributed by atoms with Crippen molar-refractivity contribution in [3.63, 3.8) is 0 Å². The van der Waals surface area contributed by atoms with Gasteiger partial charge in [0.25, 0.3) is 5.91 Å². The monoisotopic (exact) mass is 481 g/mol. The molecule has 0 atom stereocenters. The highest BCUT2D eigenvalue weighted by Gasteiger charge is 2.19. The number of nitrogens with zero attached hydrogens (tertiary/aromatic N) is 5. The van der Waals surface area contributed by atoms with Crippen LogP contribution >= 0.6 is 11.5 Å². The molecular formula is C25H19N7O2S. The number of amides is 1. The predicted molar refractivity (Wildman–Crippen MR) is 133 cm³/mol. The summed E-state index contributed by atoms with van der Waals surface area (Å²) in [4.78, 5) is 13.1. The molecular weight excluding hydrogens is 462 g/mol. The maximum Gasteiger partial charge on any atom is 0.269 e. The molecule has 1 amide bonds. The summed E-state index contributed by atoms with van der Waals surface area (Å²) >= 11 is 1.04.